The minimum Gasteiger partial charge on any atom is -0.297 e. The van der Waals surface area contributed by atoms with E-state index < -0.39 is 45.6 Å². The van der Waals surface area contributed by atoms with Gasteiger partial charge in [0, 0.05) is 17.7 Å². The highest BCUT2D eigenvalue weighted by atomic mass is 35.5. The summed E-state index contributed by atoms with van der Waals surface area (Å²) >= 11 is 6.27. The third-order valence-electron chi connectivity index (χ3n) is 3.23. The van der Waals surface area contributed by atoms with E-state index in [4.69, 9.17) is 11.6 Å². The number of benzene rings is 1. The lowest BCUT2D eigenvalue weighted by Gasteiger charge is -2.10. The fourth-order valence-electron chi connectivity index (χ4n) is 2.09. The maximum Gasteiger partial charge on any atom is 0.434 e. The highest BCUT2D eigenvalue weighted by Gasteiger charge is 2.37. The summed E-state index contributed by atoms with van der Waals surface area (Å²) in [5.41, 5.74) is -2.52. The van der Waals surface area contributed by atoms with Crippen LogP contribution in [0.15, 0.2) is 30.5 Å². The molecule has 2 aromatic heterocycles. The second kappa shape index (κ2) is 7.16. The maximum atomic E-state index is 13.9. The number of halogens is 6. The van der Waals surface area contributed by atoms with Crippen LogP contribution >= 0.6 is 23.1 Å². The molecule has 0 radical (unpaired) electrons. The van der Waals surface area contributed by atoms with Gasteiger partial charge in [0.2, 0.25) is 5.13 Å². The first-order chi connectivity index (χ1) is 12.7. The van der Waals surface area contributed by atoms with Gasteiger partial charge in [-0.1, -0.05) is 11.6 Å². The number of hydrogen-bond acceptors (Lipinski definition) is 5. The molecule has 0 saturated heterocycles. The molecule has 2 heterocycles. The minimum absolute atomic E-state index is 0.230. The zero-order chi connectivity index (χ0) is 19.8. The highest BCUT2D eigenvalue weighted by molar-refractivity contribution is 7.10. The molecule has 0 bridgehead atoms. The van der Waals surface area contributed by atoms with E-state index in [1.165, 1.54) is 0 Å². The highest BCUT2D eigenvalue weighted by Crippen LogP contribution is 2.33. The molecule has 0 fully saturated rings. The molecular weight excluding hydrogens is 415 g/mol. The molecule has 1 aromatic carbocycles. The van der Waals surface area contributed by atoms with Gasteiger partial charge in [-0.25, -0.2) is 8.78 Å². The first kappa shape index (κ1) is 19.1. The van der Waals surface area contributed by atoms with Crippen molar-refractivity contribution in [2.75, 3.05) is 5.32 Å². The van der Waals surface area contributed by atoms with Crippen molar-refractivity contribution in [3.63, 3.8) is 0 Å². The number of rotatable bonds is 3. The lowest BCUT2D eigenvalue weighted by Crippen LogP contribution is -2.20. The minimum atomic E-state index is -4.83. The molecule has 12 heteroatoms. The van der Waals surface area contributed by atoms with E-state index in [0.717, 1.165) is 30.5 Å². The normalized spacial score (nSPS) is 11.5. The molecule has 0 spiro atoms. The smallest absolute Gasteiger partial charge is 0.297 e. The lowest BCUT2D eigenvalue weighted by atomic mass is 10.1. The van der Waals surface area contributed by atoms with Crippen LogP contribution in [0.2, 0.25) is 5.02 Å². The van der Waals surface area contributed by atoms with Gasteiger partial charge in [-0.05, 0) is 24.3 Å². The van der Waals surface area contributed by atoms with Gasteiger partial charge in [-0.3, -0.25) is 15.1 Å². The zero-order valence-corrected chi connectivity index (χ0v) is 14.4. The topological polar surface area (TPSA) is 67.8 Å². The number of amides is 1. The van der Waals surface area contributed by atoms with Gasteiger partial charge in [0.25, 0.3) is 5.91 Å². The number of carbonyl (C=O) groups excluding carboxylic acids is 1. The molecular formula is C15H6ClF5N4OS. The van der Waals surface area contributed by atoms with Crippen molar-refractivity contribution in [1.82, 2.24) is 14.3 Å². The molecule has 3 rings (SSSR count). The van der Waals surface area contributed by atoms with Crippen molar-refractivity contribution in [3.8, 4) is 11.4 Å². The van der Waals surface area contributed by atoms with E-state index in [1.807, 2.05) is 0 Å². The summed E-state index contributed by atoms with van der Waals surface area (Å²) in [6.45, 7) is 0. The van der Waals surface area contributed by atoms with Crippen molar-refractivity contribution in [1.29, 1.82) is 0 Å². The molecule has 27 heavy (non-hydrogen) atoms. The lowest BCUT2D eigenvalue weighted by molar-refractivity contribution is -0.141. The third kappa shape index (κ3) is 3.88. The third-order valence-corrected chi connectivity index (χ3v) is 4.23. The van der Waals surface area contributed by atoms with Gasteiger partial charge >= 0.3 is 6.18 Å². The van der Waals surface area contributed by atoms with Gasteiger partial charge in [-0.2, -0.15) is 22.5 Å². The molecule has 0 aliphatic carbocycles. The van der Waals surface area contributed by atoms with E-state index >= 15 is 0 Å². The Hall–Kier alpha value is -2.66. The van der Waals surface area contributed by atoms with Gasteiger partial charge in [0.15, 0.2) is 11.5 Å². The number of carbonyl (C=O) groups is 1. The van der Waals surface area contributed by atoms with Crippen LogP contribution in [-0.4, -0.2) is 20.2 Å². The van der Waals surface area contributed by atoms with Gasteiger partial charge in [0.05, 0.1) is 16.1 Å². The predicted molar refractivity (Wildman–Crippen MR) is 87.5 cm³/mol. The summed E-state index contributed by atoms with van der Waals surface area (Å²) in [6, 6.07) is 3.74. The van der Waals surface area contributed by atoms with Crippen LogP contribution in [0.1, 0.15) is 16.1 Å². The Kier molecular flexibility index (Phi) is 5.07. The van der Waals surface area contributed by atoms with Crippen LogP contribution in [0.4, 0.5) is 27.1 Å². The van der Waals surface area contributed by atoms with Crippen LogP contribution in [-0.2, 0) is 6.18 Å². The van der Waals surface area contributed by atoms with E-state index in [0.29, 0.717) is 11.5 Å². The number of anilines is 1. The van der Waals surface area contributed by atoms with Crippen molar-refractivity contribution >= 4 is 34.2 Å². The SMILES string of the molecule is O=C(Nc1nc(-c2c(F)ccc(F)c2Cl)ns1)c1cccnc1C(F)(F)F. The van der Waals surface area contributed by atoms with E-state index in [9.17, 15) is 26.7 Å². The van der Waals surface area contributed by atoms with Crippen LogP contribution in [0.25, 0.3) is 11.4 Å². The molecule has 0 aliphatic rings. The van der Waals surface area contributed by atoms with Gasteiger partial charge in [-0.15, -0.1) is 0 Å². The molecule has 0 saturated carbocycles. The standard InChI is InChI=1S/C15H6ClF5N4OS/c16-10-8(18)4-3-7(17)9(10)12-23-14(27-25-12)24-13(26)6-2-1-5-22-11(6)15(19,20)21/h1-5H,(H,23,24,25,26). The molecule has 5 nitrogen and oxygen atoms in total. The first-order valence-corrected chi connectivity index (χ1v) is 8.14. The Morgan fingerprint density at radius 3 is 2.56 bits per heavy atom. The average molecular weight is 421 g/mol. The quantitative estimate of drug-likeness (QED) is 0.488. The molecule has 3 aromatic rings. The fourth-order valence-corrected chi connectivity index (χ4v) is 2.90. The van der Waals surface area contributed by atoms with Crippen LogP contribution in [0, 0.1) is 11.6 Å². The Morgan fingerprint density at radius 2 is 1.85 bits per heavy atom. The summed E-state index contributed by atoms with van der Waals surface area (Å²) in [7, 11) is 0. The monoisotopic (exact) mass is 420 g/mol. The summed E-state index contributed by atoms with van der Waals surface area (Å²) in [5.74, 6) is -3.26. The van der Waals surface area contributed by atoms with Gasteiger partial charge < -0.3 is 0 Å². The maximum absolute atomic E-state index is 13.9. The van der Waals surface area contributed by atoms with E-state index in [1.54, 1.807) is 0 Å². The number of aromatic nitrogens is 3. The zero-order valence-electron chi connectivity index (χ0n) is 12.8. The van der Waals surface area contributed by atoms with Crippen LogP contribution in [0.5, 0.6) is 0 Å². The van der Waals surface area contributed by atoms with E-state index in [2.05, 4.69) is 19.7 Å². The average Bonchev–Trinajstić information content (AvgIpc) is 3.06. The Morgan fingerprint density at radius 1 is 1.15 bits per heavy atom. The molecule has 0 aliphatic heterocycles. The number of nitrogens with zero attached hydrogens (tertiary/aromatic N) is 3. The van der Waals surface area contributed by atoms with Crippen LogP contribution < -0.4 is 5.32 Å². The Balaban J connectivity index is 1.90. The summed E-state index contributed by atoms with van der Waals surface area (Å²) in [4.78, 5) is 19.1. The van der Waals surface area contributed by atoms with Crippen molar-refractivity contribution in [3.05, 3.63) is 58.4 Å². The fraction of sp³-hybridized carbons (Fsp3) is 0.0667. The molecule has 0 atom stereocenters. The number of hydrogen-bond donors (Lipinski definition) is 1. The Bertz CT molecular complexity index is 1020. The van der Waals surface area contributed by atoms with E-state index in [-0.39, 0.29) is 11.0 Å². The molecule has 0 unspecified atom stereocenters. The molecule has 1 N–H and O–H groups in total. The summed E-state index contributed by atoms with van der Waals surface area (Å²) in [6.07, 6.45) is -3.93. The largest absolute Gasteiger partial charge is 0.434 e. The van der Waals surface area contributed by atoms with Crippen molar-refractivity contribution < 1.29 is 26.7 Å². The van der Waals surface area contributed by atoms with Crippen molar-refractivity contribution in [2.45, 2.75) is 6.18 Å². The predicted octanol–water partition coefficient (Wildman–Crippen LogP) is 4.80. The number of pyridine rings is 1. The summed E-state index contributed by atoms with van der Waals surface area (Å²) in [5, 5.41) is 1.33. The molecule has 1 amide bonds. The number of alkyl halides is 3. The van der Waals surface area contributed by atoms with Gasteiger partial charge in [0.1, 0.15) is 11.6 Å². The van der Waals surface area contributed by atoms with Crippen LogP contribution in [0.3, 0.4) is 0 Å². The second-order valence-corrected chi connectivity index (χ2v) is 6.12. The second-order valence-electron chi connectivity index (χ2n) is 4.99. The van der Waals surface area contributed by atoms with Crippen molar-refractivity contribution in [2.24, 2.45) is 0 Å². The first-order valence-electron chi connectivity index (χ1n) is 6.99. The molecule has 140 valence electrons. The summed E-state index contributed by atoms with van der Waals surface area (Å²) < 4.78 is 70.0. The Labute approximate surface area is 157 Å². The number of nitrogens with one attached hydrogen (secondary N) is 1.